The fourth-order valence-electron chi connectivity index (χ4n) is 2.38. The van der Waals surface area contributed by atoms with Gasteiger partial charge in [-0.3, -0.25) is 4.79 Å². The SMILES string of the molecule is CCNC(=O)c1ccc(N)c(NCC2(C)CCC2)c1. The topological polar surface area (TPSA) is 67.2 Å². The van der Waals surface area contributed by atoms with Gasteiger partial charge in [-0.25, -0.2) is 0 Å². The Morgan fingerprint density at radius 2 is 2.16 bits per heavy atom. The summed E-state index contributed by atoms with van der Waals surface area (Å²) in [5, 5.41) is 6.18. The van der Waals surface area contributed by atoms with Crippen LogP contribution in [-0.2, 0) is 0 Å². The van der Waals surface area contributed by atoms with Gasteiger partial charge in [-0.05, 0) is 43.4 Å². The molecule has 19 heavy (non-hydrogen) atoms. The number of anilines is 2. The van der Waals surface area contributed by atoms with Gasteiger partial charge in [-0.1, -0.05) is 13.3 Å². The summed E-state index contributed by atoms with van der Waals surface area (Å²) in [5.41, 5.74) is 8.54. The first-order valence-corrected chi connectivity index (χ1v) is 6.96. The van der Waals surface area contributed by atoms with Gasteiger partial charge in [0.2, 0.25) is 0 Å². The third-order valence-corrected chi connectivity index (χ3v) is 3.92. The summed E-state index contributed by atoms with van der Waals surface area (Å²) in [6, 6.07) is 5.38. The zero-order valence-corrected chi connectivity index (χ0v) is 11.8. The zero-order chi connectivity index (χ0) is 13.9. The second-order valence-corrected chi connectivity index (χ2v) is 5.68. The van der Waals surface area contributed by atoms with Gasteiger partial charge < -0.3 is 16.4 Å². The molecule has 1 fully saturated rings. The fourth-order valence-corrected chi connectivity index (χ4v) is 2.38. The third-order valence-electron chi connectivity index (χ3n) is 3.92. The van der Waals surface area contributed by atoms with Crippen molar-refractivity contribution in [3.05, 3.63) is 23.8 Å². The second kappa shape index (κ2) is 5.51. The standard InChI is InChI=1S/C15H23N3O/c1-3-17-14(19)11-5-6-12(16)13(9-11)18-10-15(2)7-4-8-15/h5-6,9,18H,3-4,7-8,10,16H2,1-2H3,(H,17,19). The molecule has 1 aromatic rings. The van der Waals surface area contributed by atoms with Crippen LogP contribution < -0.4 is 16.4 Å². The minimum atomic E-state index is -0.0552. The number of benzene rings is 1. The Morgan fingerprint density at radius 1 is 1.42 bits per heavy atom. The van der Waals surface area contributed by atoms with E-state index in [4.69, 9.17) is 5.73 Å². The predicted molar refractivity (Wildman–Crippen MR) is 79.3 cm³/mol. The van der Waals surface area contributed by atoms with Crippen molar-refractivity contribution < 1.29 is 4.79 Å². The number of carbonyl (C=O) groups is 1. The second-order valence-electron chi connectivity index (χ2n) is 5.68. The fraction of sp³-hybridized carbons (Fsp3) is 0.533. The maximum atomic E-state index is 11.8. The average molecular weight is 261 g/mol. The Balaban J connectivity index is 2.06. The molecule has 104 valence electrons. The monoisotopic (exact) mass is 261 g/mol. The average Bonchev–Trinajstić information content (AvgIpc) is 2.36. The summed E-state index contributed by atoms with van der Waals surface area (Å²) in [7, 11) is 0. The molecule has 0 heterocycles. The van der Waals surface area contributed by atoms with E-state index >= 15 is 0 Å². The van der Waals surface area contributed by atoms with E-state index < -0.39 is 0 Å². The van der Waals surface area contributed by atoms with Gasteiger partial charge in [0.05, 0.1) is 11.4 Å². The lowest BCUT2D eigenvalue weighted by Crippen LogP contribution is -2.33. The molecule has 1 aliphatic carbocycles. The molecular formula is C15H23N3O. The Bertz CT molecular complexity index is 466. The van der Waals surface area contributed by atoms with Crippen LogP contribution in [0, 0.1) is 5.41 Å². The number of hydrogen-bond donors (Lipinski definition) is 3. The van der Waals surface area contributed by atoms with Crippen LogP contribution in [0.4, 0.5) is 11.4 Å². The molecule has 0 saturated heterocycles. The van der Waals surface area contributed by atoms with E-state index in [1.807, 2.05) is 13.0 Å². The van der Waals surface area contributed by atoms with E-state index in [9.17, 15) is 4.79 Å². The van der Waals surface area contributed by atoms with Crippen LogP contribution in [0.15, 0.2) is 18.2 Å². The molecule has 1 aromatic carbocycles. The van der Waals surface area contributed by atoms with Crippen molar-refractivity contribution in [1.82, 2.24) is 5.32 Å². The molecule has 1 amide bonds. The molecule has 0 bridgehead atoms. The number of hydrogen-bond acceptors (Lipinski definition) is 3. The van der Waals surface area contributed by atoms with Crippen LogP contribution in [0.25, 0.3) is 0 Å². The van der Waals surface area contributed by atoms with Crippen LogP contribution in [0.3, 0.4) is 0 Å². The van der Waals surface area contributed by atoms with E-state index in [1.54, 1.807) is 12.1 Å². The highest BCUT2D eigenvalue weighted by molar-refractivity contribution is 5.96. The van der Waals surface area contributed by atoms with Crippen molar-refractivity contribution in [2.75, 3.05) is 24.1 Å². The molecule has 0 aromatic heterocycles. The largest absolute Gasteiger partial charge is 0.397 e. The van der Waals surface area contributed by atoms with Gasteiger partial charge in [0.15, 0.2) is 0 Å². The molecular weight excluding hydrogens is 238 g/mol. The van der Waals surface area contributed by atoms with Crippen LogP contribution >= 0.6 is 0 Å². The van der Waals surface area contributed by atoms with Gasteiger partial charge in [-0.2, -0.15) is 0 Å². The number of nitrogens with two attached hydrogens (primary N) is 1. The zero-order valence-electron chi connectivity index (χ0n) is 11.8. The molecule has 1 saturated carbocycles. The Kier molecular flexibility index (Phi) is 3.98. The van der Waals surface area contributed by atoms with Crippen molar-refractivity contribution in [2.24, 2.45) is 5.41 Å². The lowest BCUT2D eigenvalue weighted by Gasteiger charge is -2.38. The van der Waals surface area contributed by atoms with Crippen LogP contribution in [0.5, 0.6) is 0 Å². The number of amides is 1. The van der Waals surface area contributed by atoms with Gasteiger partial charge in [-0.15, -0.1) is 0 Å². The van der Waals surface area contributed by atoms with Crippen molar-refractivity contribution in [1.29, 1.82) is 0 Å². The van der Waals surface area contributed by atoms with Crippen LogP contribution in [0.2, 0.25) is 0 Å². The maximum Gasteiger partial charge on any atom is 0.251 e. The van der Waals surface area contributed by atoms with Crippen molar-refractivity contribution in [3.63, 3.8) is 0 Å². The molecule has 0 atom stereocenters. The Morgan fingerprint density at radius 3 is 2.74 bits per heavy atom. The summed E-state index contributed by atoms with van der Waals surface area (Å²) in [6.07, 6.45) is 3.83. The summed E-state index contributed by atoms with van der Waals surface area (Å²) in [6.45, 7) is 5.74. The highest BCUT2D eigenvalue weighted by atomic mass is 16.1. The lowest BCUT2D eigenvalue weighted by molar-refractivity contribution is 0.0956. The molecule has 2 rings (SSSR count). The van der Waals surface area contributed by atoms with Gasteiger partial charge >= 0.3 is 0 Å². The summed E-state index contributed by atoms with van der Waals surface area (Å²) in [4.78, 5) is 11.8. The number of rotatable bonds is 5. The molecule has 0 unspecified atom stereocenters. The van der Waals surface area contributed by atoms with E-state index in [-0.39, 0.29) is 5.91 Å². The lowest BCUT2D eigenvalue weighted by atomic mass is 9.70. The summed E-state index contributed by atoms with van der Waals surface area (Å²) in [5.74, 6) is -0.0552. The van der Waals surface area contributed by atoms with Gasteiger partial charge in [0.1, 0.15) is 0 Å². The van der Waals surface area contributed by atoms with Crippen LogP contribution in [-0.4, -0.2) is 19.0 Å². The van der Waals surface area contributed by atoms with Gasteiger partial charge in [0.25, 0.3) is 5.91 Å². The highest BCUT2D eigenvalue weighted by Gasteiger charge is 2.31. The molecule has 4 N–H and O–H groups in total. The van der Waals surface area contributed by atoms with Crippen molar-refractivity contribution in [3.8, 4) is 0 Å². The first kappa shape index (κ1) is 13.7. The molecule has 0 aliphatic heterocycles. The van der Waals surface area contributed by atoms with Crippen LogP contribution in [0.1, 0.15) is 43.5 Å². The summed E-state index contributed by atoms with van der Waals surface area (Å²) >= 11 is 0. The molecule has 0 spiro atoms. The summed E-state index contributed by atoms with van der Waals surface area (Å²) < 4.78 is 0. The maximum absolute atomic E-state index is 11.8. The quantitative estimate of drug-likeness (QED) is 0.714. The van der Waals surface area contributed by atoms with Gasteiger partial charge in [0, 0.05) is 18.7 Å². The van der Waals surface area contributed by atoms with E-state index in [0.29, 0.717) is 23.2 Å². The van der Waals surface area contributed by atoms with E-state index in [0.717, 1.165) is 12.2 Å². The first-order valence-electron chi connectivity index (χ1n) is 6.96. The molecule has 0 radical (unpaired) electrons. The predicted octanol–water partition coefficient (Wildman–Crippen LogP) is 2.62. The molecule has 1 aliphatic rings. The smallest absolute Gasteiger partial charge is 0.251 e. The minimum absolute atomic E-state index is 0.0552. The Labute approximate surface area is 114 Å². The van der Waals surface area contributed by atoms with Crippen molar-refractivity contribution in [2.45, 2.75) is 33.1 Å². The minimum Gasteiger partial charge on any atom is -0.397 e. The Hall–Kier alpha value is -1.71. The normalized spacial score (nSPS) is 16.5. The first-order chi connectivity index (χ1) is 9.04. The highest BCUT2D eigenvalue weighted by Crippen LogP contribution is 2.40. The third kappa shape index (κ3) is 3.19. The molecule has 4 heteroatoms. The number of carbonyl (C=O) groups excluding carboxylic acids is 1. The van der Waals surface area contributed by atoms with Crippen molar-refractivity contribution >= 4 is 17.3 Å². The number of nitrogen functional groups attached to an aromatic ring is 1. The molecule has 4 nitrogen and oxygen atoms in total. The number of nitrogens with one attached hydrogen (secondary N) is 2. The van der Waals surface area contributed by atoms with E-state index in [1.165, 1.54) is 19.3 Å². The van der Waals surface area contributed by atoms with E-state index in [2.05, 4.69) is 17.6 Å².